The third-order valence-electron chi connectivity index (χ3n) is 8.29. The van der Waals surface area contributed by atoms with Gasteiger partial charge in [-0.1, -0.05) is 96.5 Å². The highest BCUT2D eigenvalue weighted by molar-refractivity contribution is 6.31. The van der Waals surface area contributed by atoms with Gasteiger partial charge < -0.3 is 14.5 Å². The zero-order valence-corrected chi connectivity index (χ0v) is 26.8. The molecule has 0 saturated heterocycles. The molecule has 1 aliphatic rings. The van der Waals surface area contributed by atoms with Crippen molar-refractivity contribution in [1.29, 1.82) is 0 Å². The van der Waals surface area contributed by atoms with Crippen molar-refractivity contribution in [3.63, 3.8) is 0 Å². The van der Waals surface area contributed by atoms with Crippen LogP contribution >= 0.6 is 11.6 Å². The molecule has 0 saturated carbocycles. The van der Waals surface area contributed by atoms with Crippen molar-refractivity contribution in [3.8, 4) is 5.75 Å². The van der Waals surface area contributed by atoms with Crippen LogP contribution in [-0.4, -0.2) is 54.4 Å². The van der Waals surface area contributed by atoms with Crippen molar-refractivity contribution in [2.75, 3.05) is 37.7 Å². The van der Waals surface area contributed by atoms with Gasteiger partial charge in [0.15, 0.2) is 6.61 Å². The van der Waals surface area contributed by atoms with Crippen molar-refractivity contribution in [2.24, 2.45) is 0 Å². The number of benzene rings is 4. The van der Waals surface area contributed by atoms with Crippen LogP contribution in [0, 0.1) is 6.92 Å². The van der Waals surface area contributed by atoms with Gasteiger partial charge in [-0.05, 0) is 66.6 Å². The van der Waals surface area contributed by atoms with E-state index in [4.69, 9.17) is 16.3 Å². The predicted molar refractivity (Wildman–Crippen MR) is 182 cm³/mol. The summed E-state index contributed by atoms with van der Waals surface area (Å²) < 4.78 is 5.91. The number of aryl methyl sites for hydroxylation is 2. The van der Waals surface area contributed by atoms with Gasteiger partial charge in [-0.15, -0.1) is 0 Å². The topological polar surface area (TPSA) is 53.1 Å². The first-order valence-corrected chi connectivity index (χ1v) is 16.2. The molecule has 0 atom stereocenters. The minimum atomic E-state index is -0.0994. The van der Waals surface area contributed by atoms with Gasteiger partial charge in [0.25, 0.3) is 5.91 Å². The van der Waals surface area contributed by atoms with Crippen LogP contribution in [0.25, 0.3) is 0 Å². The van der Waals surface area contributed by atoms with E-state index >= 15 is 0 Å². The van der Waals surface area contributed by atoms with Gasteiger partial charge in [0.1, 0.15) is 5.75 Å². The van der Waals surface area contributed by atoms with Gasteiger partial charge in [-0.2, -0.15) is 0 Å². The third kappa shape index (κ3) is 9.19. The fraction of sp³-hybridized carbons (Fsp3) is 0.316. The van der Waals surface area contributed by atoms with Crippen molar-refractivity contribution in [2.45, 2.75) is 45.7 Å². The predicted octanol–water partition coefficient (Wildman–Crippen LogP) is 7.32. The first-order valence-electron chi connectivity index (χ1n) is 15.8. The van der Waals surface area contributed by atoms with E-state index in [1.165, 1.54) is 5.56 Å². The number of amides is 2. The Bertz CT molecular complexity index is 1550. The van der Waals surface area contributed by atoms with E-state index in [9.17, 15) is 9.59 Å². The molecule has 5 rings (SSSR count). The van der Waals surface area contributed by atoms with E-state index in [-0.39, 0.29) is 18.4 Å². The van der Waals surface area contributed by atoms with E-state index in [2.05, 4.69) is 29.2 Å². The first kappa shape index (κ1) is 32.3. The van der Waals surface area contributed by atoms with Crippen molar-refractivity contribution >= 4 is 29.1 Å². The standard InChI is InChI=1S/C38H42ClN3O3/c1-30-13-10-17-33-28-41(36(43)22-21-32-16-8-9-20-35(32)39)25-11-23-40(27-31-14-4-2-5-15-31)24-12-26-42(38(30)33)37(44)29-45-34-18-6-3-7-19-34/h2-10,13-20H,11-12,21-29H2,1H3. The summed E-state index contributed by atoms with van der Waals surface area (Å²) in [5, 5.41) is 0.684. The molecule has 1 heterocycles. The zero-order valence-electron chi connectivity index (χ0n) is 26.0. The number of hydrogen-bond donors (Lipinski definition) is 0. The van der Waals surface area contributed by atoms with Crippen LogP contribution in [-0.2, 0) is 29.1 Å². The number of nitrogens with zero attached hydrogens (tertiary/aromatic N) is 3. The highest BCUT2D eigenvalue weighted by Gasteiger charge is 2.25. The summed E-state index contributed by atoms with van der Waals surface area (Å²) in [5.41, 5.74) is 5.07. The van der Waals surface area contributed by atoms with Crippen LogP contribution in [0.5, 0.6) is 5.75 Å². The van der Waals surface area contributed by atoms with Crippen molar-refractivity contribution in [1.82, 2.24) is 9.80 Å². The number of carbonyl (C=O) groups excluding carboxylic acids is 2. The molecule has 45 heavy (non-hydrogen) atoms. The molecule has 0 radical (unpaired) electrons. The van der Waals surface area contributed by atoms with Gasteiger partial charge in [0, 0.05) is 50.7 Å². The smallest absolute Gasteiger partial charge is 0.264 e. The second-order valence-electron chi connectivity index (χ2n) is 11.6. The number of hydrogen-bond acceptors (Lipinski definition) is 4. The molecule has 0 fully saturated rings. The SMILES string of the molecule is Cc1cccc2c1N(C(=O)COc1ccccc1)CCCN(Cc1ccccc1)CCCN(C(=O)CCc1ccccc1Cl)C2. The Morgan fingerprint density at radius 3 is 2.20 bits per heavy atom. The van der Waals surface area contributed by atoms with Gasteiger partial charge in [0.05, 0.1) is 5.69 Å². The Kier molecular flexibility index (Phi) is 11.7. The number of ether oxygens (including phenoxy) is 1. The Morgan fingerprint density at radius 1 is 0.756 bits per heavy atom. The molecule has 6 nitrogen and oxygen atoms in total. The summed E-state index contributed by atoms with van der Waals surface area (Å²) in [5.74, 6) is 0.645. The fourth-order valence-corrected chi connectivity index (χ4v) is 6.21. The van der Waals surface area contributed by atoms with Gasteiger partial charge in [-0.3, -0.25) is 14.5 Å². The molecule has 234 valence electrons. The average Bonchev–Trinajstić information content (AvgIpc) is 3.05. The molecule has 0 bridgehead atoms. The second-order valence-corrected chi connectivity index (χ2v) is 12.0. The van der Waals surface area contributed by atoms with E-state index < -0.39 is 0 Å². The lowest BCUT2D eigenvalue weighted by atomic mass is 10.0. The molecule has 2 amide bonds. The van der Waals surface area contributed by atoms with Gasteiger partial charge in [0.2, 0.25) is 5.91 Å². The van der Waals surface area contributed by atoms with E-state index in [1.54, 1.807) is 0 Å². The first-order chi connectivity index (χ1) is 22.0. The maximum atomic E-state index is 13.9. The Hall–Kier alpha value is -4.13. The number of carbonyl (C=O) groups is 2. The van der Waals surface area contributed by atoms with Crippen LogP contribution in [0.1, 0.15) is 41.5 Å². The summed E-state index contributed by atoms with van der Waals surface area (Å²) in [6, 6.07) is 33.7. The lowest BCUT2D eigenvalue weighted by Gasteiger charge is -2.32. The molecule has 4 aromatic carbocycles. The largest absolute Gasteiger partial charge is 0.484 e. The minimum Gasteiger partial charge on any atom is -0.484 e. The highest BCUT2D eigenvalue weighted by Crippen LogP contribution is 2.29. The van der Waals surface area contributed by atoms with Crippen LogP contribution in [0.2, 0.25) is 5.02 Å². The lowest BCUT2D eigenvalue weighted by molar-refractivity contribution is -0.131. The molecule has 0 unspecified atom stereocenters. The minimum absolute atomic E-state index is 0.0635. The van der Waals surface area contributed by atoms with Crippen LogP contribution in [0.3, 0.4) is 0 Å². The molecular weight excluding hydrogens is 582 g/mol. The summed E-state index contributed by atoms with van der Waals surface area (Å²) in [4.78, 5) is 34.0. The molecule has 7 heteroatoms. The summed E-state index contributed by atoms with van der Waals surface area (Å²) in [6.07, 6.45) is 2.63. The molecule has 1 aliphatic heterocycles. The molecule has 0 spiro atoms. The maximum absolute atomic E-state index is 13.9. The summed E-state index contributed by atoms with van der Waals surface area (Å²) >= 11 is 6.41. The second kappa shape index (κ2) is 16.3. The van der Waals surface area contributed by atoms with Crippen LogP contribution in [0.4, 0.5) is 5.69 Å². The van der Waals surface area contributed by atoms with E-state index in [0.29, 0.717) is 43.2 Å². The molecule has 0 N–H and O–H groups in total. The lowest BCUT2D eigenvalue weighted by Crippen LogP contribution is -2.40. The number of fused-ring (bicyclic) bond motifs is 1. The van der Waals surface area contributed by atoms with Crippen LogP contribution in [0.15, 0.2) is 103 Å². The van der Waals surface area contributed by atoms with Gasteiger partial charge in [-0.25, -0.2) is 0 Å². The third-order valence-corrected chi connectivity index (χ3v) is 8.65. The zero-order chi connectivity index (χ0) is 31.4. The highest BCUT2D eigenvalue weighted by atomic mass is 35.5. The van der Waals surface area contributed by atoms with Gasteiger partial charge >= 0.3 is 0 Å². The average molecular weight is 624 g/mol. The Labute approximate surface area is 272 Å². The molecular formula is C38H42ClN3O3. The fourth-order valence-electron chi connectivity index (χ4n) is 5.98. The number of halogens is 1. The normalized spacial score (nSPS) is 14.6. The maximum Gasteiger partial charge on any atom is 0.264 e. The summed E-state index contributed by atoms with van der Waals surface area (Å²) in [6.45, 7) is 6.10. The number of rotatable bonds is 8. The van der Waals surface area contributed by atoms with Crippen molar-refractivity contribution < 1.29 is 14.3 Å². The molecule has 4 aromatic rings. The summed E-state index contributed by atoms with van der Waals surface area (Å²) in [7, 11) is 0. The van der Waals surface area contributed by atoms with Crippen molar-refractivity contribution in [3.05, 3.63) is 130 Å². The number of anilines is 1. The van der Waals surface area contributed by atoms with Crippen LogP contribution < -0.4 is 9.64 Å². The Balaban J connectivity index is 1.41. The Morgan fingerprint density at radius 2 is 1.44 bits per heavy atom. The molecule has 0 aromatic heterocycles. The molecule has 0 aliphatic carbocycles. The number of para-hydroxylation sites is 2. The monoisotopic (exact) mass is 623 g/mol. The van der Waals surface area contributed by atoms with E-state index in [0.717, 1.165) is 54.9 Å². The van der Waals surface area contributed by atoms with E-state index in [1.807, 2.05) is 95.6 Å². The quantitative estimate of drug-likeness (QED) is 0.206.